The molecule has 1 atom stereocenters. The quantitative estimate of drug-likeness (QED) is 0.776. The van der Waals surface area contributed by atoms with E-state index < -0.39 is 0 Å². The molecule has 150 valence electrons. The number of hydrogen-bond acceptors (Lipinski definition) is 4. The predicted molar refractivity (Wildman–Crippen MR) is 104 cm³/mol. The van der Waals surface area contributed by atoms with Crippen LogP contribution in [0.25, 0.3) is 11.0 Å². The smallest absolute Gasteiger partial charge is 0.225 e. The molecule has 1 amide bonds. The molecule has 2 aliphatic heterocycles. The van der Waals surface area contributed by atoms with Crippen molar-refractivity contribution in [2.75, 3.05) is 26.3 Å². The molecular formula is C21H27FN4O2. The summed E-state index contributed by atoms with van der Waals surface area (Å²) in [5, 5.41) is 3.88. The highest BCUT2D eigenvalue weighted by Crippen LogP contribution is 2.38. The predicted octanol–water partition coefficient (Wildman–Crippen LogP) is 2.55. The van der Waals surface area contributed by atoms with E-state index in [9.17, 15) is 4.79 Å². The number of amides is 1. The van der Waals surface area contributed by atoms with Gasteiger partial charge in [0.2, 0.25) is 5.91 Å². The summed E-state index contributed by atoms with van der Waals surface area (Å²) in [6.07, 6.45) is 6.98. The summed E-state index contributed by atoms with van der Waals surface area (Å²) in [6, 6.07) is 2.41. The molecule has 0 aromatic carbocycles. The zero-order chi connectivity index (χ0) is 19.1. The maximum atomic E-state index is 15.1. The largest absolute Gasteiger partial charge is 0.379 e. The minimum absolute atomic E-state index is 0.0283. The van der Waals surface area contributed by atoms with Gasteiger partial charge in [0.1, 0.15) is 5.65 Å². The summed E-state index contributed by atoms with van der Waals surface area (Å²) < 4.78 is 22.7. The molecule has 6 nitrogen and oxygen atoms in total. The fourth-order valence-corrected chi connectivity index (χ4v) is 4.34. The molecule has 7 heteroatoms. The van der Waals surface area contributed by atoms with Crippen LogP contribution in [0.4, 0.5) is 4.39 Å². The molecule has 2 aromatic heterocycles. The maximum Gasteiger partial charge on any atom is 0.225 e. The SMILES string of the molecule is O=C(CCOCC1CCN1)N1CCn2c(c(F)c3cc(C4CCC4)cnc32)C1. The van der Waals surface area contributed by atoms with Gasteiger partial charge in [-0.2, -0.15) is 0 Å². The fraction of sp³-hybridized carbons (Fsp3) is 0.619. The molecule has 3 aliphatic rings. The minimum Gasteiger partial charge on any atom is -0.379 e. The van der Waals surface area contributed by atoms with Crippen molar-refractivity contribution in [3.63, 3.8) is 0 Å². The van der Waals surface area contributed by atoms with Crippen LogP contribution in [0.2, 0.25) is 0 Å². The van der Waals surface area contributed by atoms with Gasteiger partial charge in [0, 0.05) is 25.3 Å². The third-order valence-electron chi connectivity index (χ3n) is 6.53. The number of ether oxygens (including phenoxy) is 1. The summed E-state index contributed by atoms with van der Waals surface area (Å²) in [5.74, 6) is 0.343. The first-order chi connectivity index (χ1) is 13.7. The van der Waals surface area contributed by atoms with E-state index in [1.165, 1.54) is 19.3 Å². The van der Waals surface area contributed by atoms with E-state index in [-0.39, 0.29) is 11.7 Å². The van der Waals surface area contributed by atoms with Crippen molar-refractivity contribution in [2.24, 2.45) is 0 Å². The first-order valence-electron chi connectivity index (χ1n) is 10.5. The molecule has 1 saturated carbocycles. The first kappa shape index (κ1) is 18.1. The topological polar surface area (TPSA) is 59.4 Å². The molecule has 1 N–H and O–H groups in total. The normalized spacial score (nSPS) is 22.0. The van der Waals surface area contributed by atoms with Gasteiger partial charge in [-0.05, 0) is 43.4 Å². The highest BCUT2D eigenvalue weighted by Gasteiger charge is 2.28. The Morgan fingerprint density at radius 2 is 2.18 bits per heavy atom. The van der Waals surface area contributed by atoms with Crippen LogP contribution in [0.5, 0.6) is 0 Å². The van der Waals surface area contributed by atoms with Crippen LogP contribution in [-0.2, 0) is 22.6 Å². The van der Waals surface area contributed by atoms with Crippen molar-refractivity contribution >= 4 is 16.9 Å². The van der Waals surface area contributed by atoms with Crippen LogP contribution in [-0.4, -0.2) is 52.7 Å². The number of nitrogens with zero attached hydrogens (tertiary/aromatic N) is 3. The number of hydrogen-bond donors (Lipinski definition) is 1. The Labute approximate surface area is 164 Å². The average molecular weight is 386 g/mol. The van der Waals surface area contributed by atoms with Crippen molar-refractivity contribution in [3.8, 4) is 0 Å². The number of fused-ring (bicyclic) bond motifs is 3. The Bertz CT molecular complexity index is 888. The molecule has 1 saturated heterocycles. The third-order valence-corrected chi connectivity index (χ3v) is 6.53. The van der Waals surface area contributed by atoms with Gasteiger partial charge in [-0.1, -0.05) is 6.42 Å². The van der Waals surface area contributed by atoms with E-state index in [4.69, 9.17) is 4.74 Å². The third kappa shape index (κ3) is 3.20. The number of pyridine rings is 1. The Morgan fingerprint density at radius 3 is 2.89 bits per heavy atom. The lowest BCUT2D eigenvalue weighted by atomic mass is 9.80. The first-order valence-corrected chi connectivity index (χ1v) is 10.5. The number of halogens is 1. The van der Waals surface area contributed by atoms with Crippen molar-refractivity contribution in [1.82, 2.24) is 19.8 Å². The van der Waals surface area contributed by atoms with Crippen LogP contribution in [0.3, 0.4) is 0 Å². The molecule has 0 radical (unpaired) electrons. The summed E-state index contributed by atoms with van der Waals surface area (Å²) in [4.78, 5) is 18.9. The van der Waals surface area contributed by atoms with Crippen LogP contribution < -0.4 is 5.32 Å². The molecule has 4 heterocycles. The molecule has 0 bridgehead atoms. The van der Waals surface area contributed by atoms with E-state index in [1.54, 1.807) is 4.90 Å². The van der Waals surface area contributed by atoms with Crippen LogP contribution in [0, 0.1) is 5.82 Å². The summed E-state index contributed by atoms with van der Waals surface area (Å²) in [6.45, 7) is 3.62. The zero-order valence-corrected chi connectivity index (χ0v) is 16.1. The second kappa shape index (κ2) is 7.44. The van der Waals surface area contributed by atoms with E-state index in [1.807, 2.05) is 16.8 Å². The average Bonchev–Trinajstić information content (AvgIpc) is 2.90. The van der Waals surface area contributed by atoms with Crippen molar-refractivity contribution in [2.45, 2.75) is 57.2 Å². The number of nitrogens with one attached hydrogen (secondary N) is 1. The Balaban J connectivity index is 1.26. The van der Waals surface area contributed by atoms with Crippen molar-refractivity contribution < 1.29 is 13.9 Å². The van der Waals surface area contributed by atoms with E-state index in [0.717, 1.165) is 18.5 Å². The van der Waals surface area contributed by atoms with Gasteiger partial charge in [-0.25, -0.2) is 9.37 Å². The summed E-state index contributed by atoms with van der Waals surface area (Å²) in [7, 11) is 0. The van der Waals surface area contributed by atoms with Crippen molar-refractivity contribution in [3.05, 3.63) is 29.3 Å². The van der Waals surface area contributed by atoms with Crippen LogP contribution in [0.15, 0.2) is 12.3 Å². The van der Waals surface area contributed by atoms with Gasteiger partial charge in [0.15, 0.2) is 5.82 Å². The highest BCUT2D eigenvalue weighted by molar-refractivity contribution is 5.81. The standard InChI is InChI=1S/C21H27FN4O2/c22-20-17-10-15(14-2-1-3-14)11-24-21(17)26-8-7-25(12-18(20)26)19(27)5-9-28-13-16-4-6-23-16/h10-11,14,16,23H,1-9,12-13H2. The summed E-state index contributed by atoms with van der Waals surface area (Å²) in [5.41, 5.74) is 2.43. The maximum absolute atomic E-state index is 15.1. The second-order valence-electron chi connectivity index (χ2n) is 8.26. The lowest BCUT2D eigenvalue weighted by Gasteiger charge is -2.29. The van der Waals surface area contributed by atoms with Crippen molar-refractivity contribution in [1.29, 1.82) is 0 Å². The van der Waals surface area contributed by atoms with Gasteiger partial charge in [-0.15, -0.1) is 0 Å². The van der Waals surface area contributed by atoms with E-state index >= 15 is 4.39 Å². The molecule has 28 heavy (non-hydrogen) atoms. The molecule has 2 fully saturated rings. The number of aromatic nitrogens is 2. The number of carbonyl (C=O) groups excluding carboxylic acids is 1. The summed E-state index contributed by atoms with van der Waals surface area (Å²) >= 11 is 0. The second-order valence-corrected chi connectivity index (χ2v) is 8.26. The molecule has 1 aliphatic carbocycles. The number of rotatable bonds is 6. The minimum atomic E-state index is -0.214. The molecule has 5 rings (SSSR count). The van der Waals surface area contributed by atoms with Crippen LogP contribution in [0.1, 0.15) is 49.3 Å². The van der Waals surface area contributed by atoms with E-state index in [0.29, 0.717) is 68.0 Å². The van der Waals surface area contributed by atoms with Gasteiger partial charge < -0.3 is 19.5 Å². The fourth-order valence-electron chi connectivity index (χ4n) is 4.34. The van der Waals surface area contributed by atoms with Gasteiger partial charge in [0.05, 0.1) is 37.3 Å². The lowest BCUT2D eigenvalue weighted by molar-refractivity contribution is -0.133. The van der Waals surface area contributed by atoms with Gasteiger partial charge >= 0.3 is 0 Å². The monoisotopic (exact) mass is 386 g/mol. The highest BCUT2D eigenvalue weighted by atomic mass is 19.1. The van der Waals surface area contributed by atoms with Crippen LogP contribution >= 0.6 is 0 Å². The lowest BCUT2D eigenvalue weighted by Crippen LogP contribution is -2.46. The molecular weight excluding hydrogens is 359 g/mol. The zero-order valence-electron chi connectivity index (χ0n) is 16.1. The van der Waals surface area contributed by atoms with Gasteiger partial charge in [-0.3, -0.25) is 4.79 Å². The Hall–Kier alpha value is -1.99. The Morgan fingerprint density at radius 1 is 1.32 bits per heavy atom. The van der Waals surface area contributed by atoms with E-state index in [2.05, 4.69) is 10.3 Å². The number of carbonyl (C=O) groups is 1. The Kier molecular flexibility index (Phi) is 4.80. The molecule has 2 aromatic rings. The molecule has 0 spiro atoms. The van der Waals surface area contributed by atoms with Gasteiger partial charge in [0.25, 0.3) is 0 Å². The molecule has 1 unspecified atom stereocenters.